The number of aliphatic hydroxyl groups is 3. The summed E-state index contributed by atoms with van der Waals surface area (Å²) in [7, 11) is 0. The highest BCUT2D eigenvalue weighted by atomic mass is 16.7. The molecule has 37 heavy (non-hydrogen) atoms. The van der Waals surface area contributed by atoms with Gasteiger partial charge in [-0.3, -0.25) is 0 Å². The summed E-state index contributed by atoms with van der Waals surface area (Å²) in [6, 6.07) is 16.2. The molecule has 0 bridgehead atoms. The van der Waals surface area contributed by atoms with Crippen molar-refractivity contribution in [3.63, 3.8) is 0 Å². The van der Waals surface area contributed by atoms with Gasteiger partial charge < -0.3 is 44.8 Å². The number of carbonyl (C=O) groups excluding carboxylic acids is 1. The molecule has 3 aromatic carbocycles. The van der Waals surface area contributed by atoms with Gasteiger partial charge in [0.2, 0.25) is 6.29 Å². The average molecular weight is 510 g/mol. The van der Waals surface area contributed by atoms with Gasteiger partial charge in [-0.05, 0) is 59.7 Å². The first-order valence-corrected chi connectivity index (χ1v) is 11.3. The fourth-order valence-electron chi connectivity index (χ4n) is 3.69. The molecule has 1 fully saturated rings. The Bertz CT molecular complexity index is 1220. The van der Waals surface area contributed by atoms with Crippen molar-refractivity contribution in [2.75, 3.05) is 6.61 Å². The first kappa shape index (κ1) is 26.0. The molecular weight excluding hydrogens is 484 g/mol. The molecule has 0 unspecified atom stereocenters. The van der Waals surface area contributed by atoms with Gasteiger partial charge in [0.1, 0.15) is 54.0 Å². The maximum absolute atomic E-state index is 12.2. The van der Waals surface area contributed by atoms with Crippen molar-refractivity contribution >= 4 is 18.1 Å². The van der Waals surface area contributed by atoms with E-state index in [1.165, 1.54) is 42.5 Å². The summed E-state index contributed by atoms with van der Waals surface area (Å²) in [6.07, 6.45) is -3.80. The van der Waals surface area contributed by atoms with Gasteiger partial charge in [-0.15, -0.1) is 0 Å². The second-order valence-electron chi connectivity index (χ2n) is 8.46. The van der Waals surface area contributed by atoms with Crippen LogP contribution in [0.1, 0.15) is 21.5 Å². The number of rotatable bonds is 7. The minimum absolute atomic E-state index is 0.0134. The molecule has 1 aliphatic rings. The number of hydrogen-bond acceptors (Lipinski definition) is 10. The minimum atomic E-state index is -1.61. The van der Waals surface area contributed by atoms with E-state index in [4.69, 9.17) is 14.2 Å². The molecule has 4 rings (SSSR count). The van der Waals surface area contributed by atoms with E-state index < -0.39 is 43.3 Å². The van der Waals surface area contributed by atoms with Gasteiger partial charge >= 0.3 is 5.97 Å². The van der Waals surface area contributed by atoms with Crippen molar-refractivity contribution in [2.24, 2.45) is 0 Å². The number of benzene rings is 3. The molecule has 10 heteroatoms. The predicted octanol–water partition coefficient (Wildman–Crippen LogP) is 2.02. The van der Waals surface area contributed by atoms with Crippen molar-refractivity contribution in [1.82, 2.24) is 0 Å². The molecular formula is C27H26O10. The molecule has 6 N–H and O–H groups in total. The van der Waals surface area contributed by atoms with Crippen LogP contribution in [0, 0.1) is 0 Å². The number of phenolic OH excluding ortho intramolecular Hbond substituents is 3. The Labute approximate surface area is 211 Å². The van der Waals surface area contributed by atoms with Crippen molar-refractivity contribution in [3.05, 3.63) is 83.4 Å². The van der Waals surface area contributed by atoms with Crippen molar-refractivity contribution in [2.45, 2.75) is 30.7 Å². The lowest BCUT2D eigenvalue weighted by Crippen LogP contribution is -2.60. The van der Waals surface area contributed by atoms with Gasteiger partial charge in [-0.1, -0.05) is 24.3 Å². The highest BCUT2D eigenvalue weighted by molar-refractivity contribution is 5.89. The molecule has 1 aliphatic heterocycles. The lowest BCUT2D eigenvalue weighted by Gasteiger charge is -2.39. The smallest absolute Gasteiger partial charge is 0.338 e. The van der Waals surface area contributed by atoms with Crippen LogP contribution in [-0.2, 0) is 9.47 Å². The van der Waals surface area contributed by atoms with Crippen LogP contribution in [0.2, 0.25) is 0 Å². The van der Waals surface area contributed by atoms with Crippen LogP contribution in [-0.4, -0.2) is 73.9 Å². The third-order valence-electron chi connectivity index (χ3n) is 5.68. The van der Waals surface area contributed by atoms with E-state index in [0.29, 0.717) is 11.3 Å². The average Bonchev–Trinajstić information content (AvgIpc) is 2.87. The fourth-order valence-corrected chi connectivity index (χ4v) is 3.69. The molecule has 0 aromatic heterocycles. The van der Waals surface area contributed by atoms with Crippen LogP contribution in [0.25, 0.3) is 12.2 Å². The number of carbonyl (C=O) groups is 1. The molecule has 1 heterocycles. The van der Waals surface area contributed by atoms with Gasteiger partial charge in [0, 0.05) is 6.07 Å². The largest absolute Gasteiger partial charge is 0.508 e. The molecule has 194 valence electrons. The van der Waals surface area contributed by atoms with E-state index in [-0.39, 0.29) is 22.8 Å². The van der Waals surface area contributed by atoms with Crippen LogP contribution in [0.15, 0.2) is 66.7 Å². The topological polar surface area (TPSA) is 166 Å². The Morgan fingerprint density at radius 3 is 2.03 bits per heavy atom. The normalized spacial score (nSPS) is 23.6. The van der Waals surface area contributed by atoms with Crippen LogP contribution < -0.4 is 4.74 Å². The highest BCUT2D eigenvalue weighted by Gasteiger charge is 2.45. The lowest BCUT2D eigenvalue weighted by molar-refractivity contribution is -0.277. The monoisotopic (exact) mass is 510 g/mol. The van der Waals surface area contributed by atoms with Crippen molar-refractivity contribution in [1.29, 1.82) is 0 Å². The summed E-state index contributed by atoms with van der Waals surface area (Å²) in [6.45, 7) is -0.418. The van der Waals surface area contributed by atoms with Gasteiger partial charge in [0.15, 0.2) is 0 Å². The number of hydrogen-bond donors (Lipinski definition) is 6. The summed E-state index contributed by atoms with van der Waals surface area (Å²) in [5, 5.41) is 59.4. The molecule has 0 amide bonds. The third-order valence-corrected chi connectivity index (χ3v) is 5.68. The number of esters is 1. The Balaban J connectivity index is 1.37. The van der Waals surface area contributed by atoms with Crippen molar-refractivity contribution in [3.8, 4) is 23.0 Å². The summed E-state index contributed by atoms with van der Waals surface area (Å²) in [4.78, 5) is 12.2. The first-order valence-electron chi connectivity index (χ1n) is 11.3. The maximum Gasteiger partial charge on any atom is 0.338 e. The molecule has 0 radical (unpaired) electrons. The van der Waals surface area contributed by atoms with Crippen LogP contribution >= 0.6 is 0 Å². The predicted molar refractivity (Wildman–Crippen MR) is 131 cm³/mol. The van der Waals surface area contributed by atoms with Gasteiger partial charge in [-0.2, -0.15) is 0 Å². The second-order valence-corrected chi connectivity index (χ2v) is 8.46. The fraction of sp³-hybridized carbons (Fsp3) is 0.222. The Morgan fingerprint density at radius 1 is 0.757 bits per heavy atom. The van der Waals surface area contributed by atoms with E-state index in [9.17, 15) is 35.4 Å². The standard InChI is InChI=1S/C27H26O10/c28-18-7-5-17(6-8-18)26(34)35-14-22-23(31)24(32)25(33)27(37-22)36-21-9-3-15(4-10-21)1-2-16-11-19(29)13-20(30)12-16/h1-13,22-25,27-33H,14H2/b2-1+/t22-,23-,24+,25-,27-/m1/s1. The van der Waals surface area contributed by atoms with Crippen LogP contribution in [0.4, 0.5) is 0 Å². The molecule has 5 atom stereocenters. The summed E-state index contributed by atoms with van der Waals surface area (Å²) < 4.78 is 16.4. The Hall–Kier alpha value is -4.09. The third kappa shape index (κ3) is 6.57. The SMILES string of the molecule is O=C(OC[C@H]1O[C@@H](Oc2ccc(/C=C/c3cc(O)cc(O)c3)cc2)[C@H](O)[C@@H](O)[C@@H]1O)c1ccc(O)cc1. The van der Waals surface area contributed by atoms with E-state index in [1.54, 1.807) is 36.4 Å². The molecule has 10 nitrogen and oxygen atoms in total. The first-order chi connectivity index (χ1) is 17.7. The number of phenols is 3. The summed E-state index contributed by atoms with van der Waals surface area (Å²) >= 11 is 0. The Morgan fingerprint density at radius 2 is 1.38 bits per heavy atom. The maximum atomic E-state index is 12.2. The zero-order valence-corrected chi connectivity index (χ0v) is 19.4. The Kier molecular flexibility index (Phi) is 7.95. The lowest BCUT2D eigenvalue weighted by atomic mass is 9.99. The van der Waals surface area contributed by atoms with Crippen LogP contribution in [0.3, 0.4) is 0 Å². The van der Waals surface area contributed by atoms with Crippen LogP contribution in [0.5, 0.6) is 23.0 Å². The van der Waals surface area contributed by atoms with Crippen molar-refractivity contribution < 1.29 is 49.6 Å². The summed E-state index contributed by atoms with van der Waals surface area (Å²) in [5.41, 5.74) is 1.54. The molecule has 0 aliphatic carbocycles. The van der Waals surface area contributed by atoms with E-state index in [1.807, 2.05) is 0 Å². The molecule has 3 aromatic rings. The number of ether oxygens (including phenoxy) is 3. The zero-order chi connectivity index (χ0) is 26.5. The molecule has 0 saturated carbocycles. The summed E-state index contributed by atoms with van der Waals surface area (Å²) in [5.74, 6) is -0.552. The minimum Gasteiger partial charge on any atom is -0.508 e. The van der Waals surface area contributed by atoms with Gasteiger partial charge in [0.25, 0.3) is 0 Å². The molecule has 0 spiro atoms. The van der Waals surface area contributed by atoms with Gasteiger partial charge in [0.05, 0.1) is 5.56 Å². The zero-order valence-electron chi connectivity index (χ0n) is 19.4. The second kappa shape index (κ2) is 11.3. The van der Waals surface area contributed by atoms with E-state index in [2.05, 4.69) is 0 Å². The quantitative estimate of drug-likeness (QED) is 0.204. The van der Waals surface area contributed by atoms with E-state index in [0.717, 1.165) is 5.56 Å². The number of aromatic hydroxyl groups is 3. The number of aliphatic hydroxyl groups excluding tert-OH is 3. The highest BCUT2D eigenvalue weighted by Crippen LogP contribution is 2.26. The van der Waals surface area contributed by atoms with E-state index >= 15 is 0 Å². The molecule has 1 saturated heterocycles. The van der Waals surface area contributed by atoms with Gasteiger partial charge in [-0.25, -0.2) is 4.79 Å².